The van der Waals surface area contributed by atoms with Crippen molar-refractivity contribution in [1.29, 1.82) is 0 Å². The SMILES string of the molecule is O=S(=O)(Nc1nc2n(n1)[C@H](c1ccc(F)cc1)C=C(c1ccccc1)N2)c1ccc(Cl)cc1. The number of allylic oxidation sites excluding steroid dienone is 1. The Balaban J connectivity index is 1.53. The summed E-state index contributed by atoms with van der Waals surface area (Å²) < 4.78 is 43.0. The second-order valence-corrected chi connectivity index (χ2v) is 9.45. The van der Waals surface area contributed by atoms with Crippen molar-refractivity contribution in [2.75, 3.05) is 10.0 Å². The third-order valence-electron chi connectivity index (χ3n) is 5.11. The number of rotatable bonds is 5. The van der Waals surface area contributed by atoms with Gasteiger partial charge in [-0.2, -0.15) is 4.98 Å². The molecule has 0 fully saturated rings. The zero-order valence-corrected chi connectivity index (χ0v) is 18.6. The molecule has 2 heterocycles. The van der Waals surface area contributed by atoms with Crippen LogP contribution in [0, 0.1) is 5.82 Å². The van der Waals surface area contributed by atoms with Gasteiger partial charge in [0.2, 0.25) is 5.95 Å². The van der Waals surface area contributed by atoms with Crippen molar-refractivity contribution in [2.24, 2.45) is 0 Å². The second-order valence-electron chi connectivity index (χ2n) is 7.33. The largest absolute Gasteiger partial charge is 0.324 e. The summed E-state index contributed by atoms with van der Waals surface area (Å²) in [4.78, 5) is 4.39. The van der Waals surface area contributed by atoms with Crippen molar-refractivity contribution in [2.45, 2.75) is 10.9 Å². The summed E-state index contributed by atoms with van der Waals surface area (Å²) in [6.07, 6.45) is 1.93. The topological polar surface area (TPSA) is 88.9 Å². The molecule has 4 aromatic rings. The molecule has 10 heteroatoms. The van der Waals surface area contributed by atoms with Gasteiger partial charge in [-0.25, -0.2) is 22.2 Å². The van der Waals surface area contributed by atoms with Crippen molar-refractivity contribution in [3.63, 3.8) is 0 Å². The Labute approximate surface area is 194 Å². The minimum absolute atomic E-state index is 0.0332. The molecule has 0 bridgehead atoms. The molecule has 2 N–H and O–H groups in total. The molecular formula is C23H17ClFN5O2S. The van der Waals surface area contributed by atoms with Crippen LogP contribution in [0.1, 0.15) is 17.2 Å². The van der Waals surface area contributed by atoms with Crippen molar-refractivity contribution < 1.29 is 12.8 Å². The van der Waals surface area contributed by atoms with Gasteiger partial charge in [-0.05, 0) is 53.6 Å². The maximum atomic E-state index is 13.5. The zero-order chi connectivity index (χ0) is 23.0. The quantitative estimate of drug-likeness (QED) is 0.422. The lowest BCUT2D eigenvalue weighted by atomic mass is 10.0. The lowest BCUT2D eigenvalue weighted by molar-refractivity contribution is 0.597. The first kappa shape index (κ1) is 21.2. The molecule has 0 spiro atoms. The van der Waals surface area contributed by atoms with E-state index in [1.807, 2.05) is 36.4 Å². The first-order valence-corrected chi connectivity index (χ1v) is 11.8. The molecular weight excluding hydrogens is 465 g/mol. The number of halogens is 2. The van der Waals surface area contributed by atoms with Crippen LogP contribution in [-0.4, -0.2) is 23.2 Å². The number of nitrogens with zero attached hydrogens (tertiary/aromatic N) is 3. The van der Waals surface area contributed by atoms with Crippen LogP contribution < -0.4 is 10.0 Å². The molecule has 1 aromatic heterocycles. The lowest BCUT2D eigenvalue weighted by Gasteiger charge is -2.24. The van der Waals surface area contributed by atoms with Gasteiger partial charge in [0.1, 0.15) is 11.9 Å². The Morgan fingerprint density at radius 3 is 2.36 bits per heavy atom. The fraction of sp³-hybridized carbons (Fsp3) is 0.0435. The van der Waals surface area contributed by atoms with Crippen LogP contribution in [0.4, 0.5) is 16.3 Å². The summed E-state index contributed by atoms with van der Waals surface area (Å²) in [6, 6.07) is 21.0. The molecule has 0 radical (unpaired) electrons. The Morgan fingerprint density at radius 2 is 1.67 bits per heavy atom. The van der Waals surface area contributed by atoms with Gasteiger partial charge >= 0.3 is 0 Å². The number of hydrogen-bond acceptors (Lipinski definition) is 5. The van der Waals surface area contributed by atoms with E-state index in [-0.39, 0.29) is 16.7 Å². The molecule has 5 rings (SSSR count). The van der Waals surface area contributed by atoms with E-state index < -0.39 is 16.1 Å². The molecule has 0 unspecified atom stereocenters. The summed E-state index contributed by atoms with van der Waals surface area (Å²) in [7, 11) is -3.92. The van der Waals surface area contributed by atoms with Gasteiger partial charge in [0.25, 0.3) is 16.0 Å². The van der Waals surface area contributed by atoms with E-state index in [0.29, 0.717) is 11.0 Å². The van der Waals surface area contributed by atoms with Crippen LogP contribution in [0.5, 0.6) is 0 Å². The monoisotopic (exact) mass is 481 g/mol. The normalized spacial score (nSPS) is 15.3. The molecule has 0 saturated heterocycles. The van der Waals surface area contributed by atoms with Crippen LogP contribution >= 0.6 is 11.6 Å². The number of fused-ring (bicyclic) bond motifs is 1. The Bertz CT molecular complexity index is 1440. The fourth-order valence-corrected chi connectivity index (χ4v) is 4.58. The average Bonchev–Trinajstić information content (AvgIpc) is 3.21. The third kappa shape index (κ3) is 4.33. The first-order chi connectivity index (χ1) is 15.9. The number of aromatic nitrogens is 3. The molecule has 7 nitrogen and oxygen atoms in total. The number of anilines is 2. The van der Waals surface area contributed by atoms with E-state index >= 15 is 0 Å². The lowest BCUT2D eigenvalue weighted by Crippen LogP contribution is -2.20. The van der Waals surface area contributed by atoms with E-state index in [0.717, 1.165) is 16.8 Å². The van der Waals surface area contributed by atoms with Gasteiger partial charge < -0.3 is 5.32 Å². The van der Waals surface area contributed by atoms with Crippen LogP contribution in [0.2, 0.25) is 5.02 Å². The highest BCUT2D eigenvalue weighted by Gasteiger charge is 2.27. The summed E-state index contributed by atoms with van der Waals surface area (Å²) >= 11 is 5.86. The molecule has 33 heavy (non-hydrogen) atoms. The average molecular weight is 482 g/mol. The van der Waals surface area contributed by atoms with Crippen LogP contribution in [0.25, 0.3) is 5.70 Å². The predicted molar refractivity (Wildman–Crippen MR) is 125 cm³/mol. The summed E-state index contributed by atoms with van der Waals surface area (Å²) in [5.74, 6) is -0.100. The smallest absolute Gasteiger partial charge is 0.264 e. The second kappa shape index (κ2) is 8.34. The zero-order valence-electron chi connectivity index (χ0n) is 17.0. The molecule has 1 atom stereocenters. The molecule has 166 valence electrons. The van der Waals surface area contributed by atoms with Gasteiger partial charge in [-0.1, -0.05) is 54.1 Å². The molecule has 0 amide bonds. The molecule has 0 aliphatic carbocycles. The van der Waals surface area contributed by atoms with Crippen molar-refractivity contribution in [3.8, 4) is 0 Å². The number of benzene rings is 3. The van der Waals surface area contributed by atoms with E-state index in [1.54, 1.807) is 16.8 Å². The van der Waals surface area contributed by atoms with E-state index in [9.17, 15) is 12.8 Å². The summed E-state index contributed by atoms with van der Waals surface area (Å²) in [6.45, 7) is 0. The minimum atomic E-state index is -3.92. The molecule has 1 aliphatic rings. The van der Waals surface area contributed by atoms with Gasteiger partial charge in [0, 0.05) is 10.7 Å². The van der Waals surface area contributed by atoms with Gasteiger partial charge in [-0.15, -0.1) is 5.10 Å². The fourth-order valence-electron chi connectivity index (χ4n) is 3.51. The van der Waals surface area contributed by atoms with Gasteiger partial charge in [-0.3, -0.25) is 0 Å². The van der Waals surface area contributed by atoms with E-state index in [2.05, 4.69) is 20.1 Å². The third-order valence-corrected chi connectivity index (χ3v) is 6.71. The van der Waals surface area contributed by atoms with Crippen molar-refractivity contribution in [1.82, 2.24) is 14.8 Å². The number of nitrogens with one attached hydrogen (secondary N) is 2. The highest BCUT2D eigenvalue weighted by atomic mass is 35.5. The van der Waals surface area contributed by atoms with Gasteiger partial charge in [0.05, 0.1) is 4.90 Å². The van der Waals surface area contributed by atoms with Crippen LogP contribution in [0.3, 0.4) is 0 Å². The van der Waals surface area contributed by atoms with Crippen molar-refractivity contribution >= 4 is 39.2 Å². The first-order valence-electron chi connectivity index (χ1n) is 9.94. The molecule has 1 aliphatic heterocycles. The molecule has 0 saturated carbocycles. The number of sulfonamides is 1. The maximum Gasteiger partial charge on any atom is 0.264 e. The minimum Gasteiger partial charge on any atom is -0.324 e. The summed E-state index contributed by atoms with van der Waals surface area (Å²) in [5, 5.41) is 8.00. The van der Waals surface area contributed by atoms with E-state index in [1.165, 1.54) is 36.4 Å². The Kier molecular flexibility index (Phi) is 5.35. The standard InChI is InChI=1S/C23H17ClFN5O2S/c24-17-8-12-19(13-9-17)33(31,32)29-22-27-23-26-20(15-4-2-1-3-5-15)14-21(30(23)28-22)16-6-10-18(25)11-7-16/h1-14,21H,(H2,26,27,28,29)/t21-/m0/s1. The highest BCUT2D eigenvalue weighted by Crippen LogP contribution is 2.33. The Morgan fingerprint density at radius 1 is 0.970 bits per heavy atom. The highest BCUT2D eigenvalue weighted by molar-refractivity contribution is 7.92. The Hall–Kier alpha value is -3.69. The van der Waals surface area contributed by atoms with E-state index in [4.69, 9.17) is 11.6 Å². The summed E-state index contributed by atoms with van der Waals surface area (Å²) in [5.41, 5.74) is 2.46. The molecule has 3 aromatic carbocycles. The number of hydrogen-bond donors (Lipinski definition) is 2. The van der Waals surface area contributed by atoms with Gasteiger partial charge in [0.15, 0.2) is 0 Å². The maximum absolute atomic E-state index is 13.5. The van der Waals surface area contributed by atoms with Crippen molar-refractivity contribution in [3.05, 3.63) is 107 Å². The van der Waals surface area contributed by atoms with Crippen LogP contribution in [0.15, 0.2) is 89.8 Å². The predicted octanol–water partition coefficient (Wildman–Crippen LogP) is 4.93. The van der Waals surface area contributed by atoms with Crippen LogP contribution in [-0.2, 0) is 10.0 Å².